The van der Waals surface area contributed by atoms with Gasteiger partial charge in [-0.25, -0.2) is 13.4 Å². The largest absolute Gasteiger partial charge is 0.342 e. The minimum Gasteiger partial charge on any atom is -0.342 e. The van der Waals surface area contributed by atoms with Crippen LogP contribution in [0, 0.1) is 12.8 Å². The maximum Gasteiger partial charge on any atom is 0.263 e. The van der Waals surface area contributed by atoms with E-state index < -0.39 is 10.0 Å². The number of likely N-dealkylation sites (tertiary alicyclic amines) is 1. The number of sulfonamides is 1. The van der Waals surface area contributed by atoms with Crippen molar-refractivity contribution < 1.29 is 13.2 Å². The van der Waals surface area contributed by atoms with Crippen LogP contribution < -0.4 is 4.72 Å². The number of hydrogen-bond donors (Lipinski definition) is 1. The number of aromatic nitrogens is 1. The van der Waals surface area contributed by atoms with Crippen molar-refractivity contribution in [3.05, 3.63) is 40.9 Å². The summed E-state index contributed by atoms with van der Waals surface area (Å²) in [4.78, 5) is 18.8. The standard InChI is InChI=1S/C18H23N3O3S2/c1-13-5-7-16(8-6-13)26(23,24)20-18-19-15(12-25-18)10-17(22)21-9-3-4-14(2)11-21/h5-8,12,14H,3-4,9-11H2,1-2H3,(H,19,20)/t14-/m1/s1. The molecule has 6 nitrogen and oxygen atoms in total. The molecule has 1 fully saturated rings. The average molecular weight is 394 g/mol. The summed E-state index contributed by atoms with van der Waals surface area (Å²) in [5.74, 6) is 0.579. The van der Waals surface area contributed by atoms with Crippen LogP contribution in [0.4, 0.5) is 5.13 Å². The van der Waals surface area contributed by atoms with Gasteiger partial charge in [-0.2, -0.15) is 0 Å². The Morgan fingerprint density at radius 2 is 2.08 bits per heavy atom. The average Bonchev–Trinajstić information content (AvgIpc) is 3.01. The number of carbonyl (C=O) groups excluding carboxylic acids is 1. The van der Waals surface area contributed by atoms with Crippen molar-refractivity contribution in [3.63, 3.8) is 0 Å². The van der Waals surface area contributed by atoms with E-state index in [1.165, 1.54) is 11.3 Å². The Hall–Kier alpha value is -1.93. The Balaban J connectivity index is 1.64. The zero-order valence-electron chi connectivity index (χ0n) is 14.9. The molecule has 0 spiro atoms. The van der Waals surface area contributed by atoms with Crippen molar-refractivity contribution in [2.24, 2.45) is 5.92 Å². The van der Waals surface area contributed by atoms with Gasteiger partial charge >= 0.3 is 0 Å². The molecule has 1 saturated heterocycles. The monoisotopic (exact) mass is 393 g/mol. The molecule has 0 aliphatic carbocycles. The minimum absolute atomic E-state index is 0.0507. The van der Waals surface area contributed by atoms with Crippen molar-refractivity contribution in [2.75, 3.05) is 17.8 Å². The number of aryl methyl sites for hydroxylation is 1. The van der Waals surface area contributed by atoms with Crippen LogP contribution in [0.1, 0.15) is 31.0 Å². The van der Waals surface area contributed by atoms with Crippen LogP contribution in [0.2, 0.25) is 0 Å². The lowest BCUT2D eigenvalue weighted by atomic mass is 10.00. The molecular formula is C18H23N3O3S2. The van der Waals surface area contributed by atoms with E-state index in [2.05, 4.69) is 16.6 Å². The summed E-state index contributed by atoms with van der Waals surface area (Å²) in [7, 11) is -3.67. The zero-order valence-corrected chi connectivity index (χ0v) is 16.6. The fourth-order valence-corrected chi connectivity index (χ4v) is 4.97. The quantitative estimate of drug-likeness (QED) is 0.847. The van der Waals surface area contributed by atoms with Gasteiger partial charge in [-0.15, -0.1) is 11.3 Å². The van der Waals surface area contributed by atoms with Gasteiger partial charge in [-0.1, -0.05) is 24.6 Å². The van der Waals surface area contributed by atoms with Gasteiger partial charge in [0.1, 0.15) is 0 Å². The Kier molecular flexibility index (Phi) is 5.62. The summed E-state index contributed by atoms with van der Waals surface area (Å²) in [5.41, 5.74) is 1.59. The number of benzene rings is 1. The fraction of sp³-hybridized carbons (Fsp3) is 0.444. The molecule has 1 aromatic heterocycles. The summed E-state index contributed by atoms with van der Waals surface area (Å²) in [5, 5.41) is 2.01. The SMILES string of the molecule is Cc1ccc(S(=O)(=O)Nc2nc(CC(=O)N3CCC[C@@H](C)C3)cs2)cc1. The predicted molar refractivity (Wildman–Crippen MR) is 103 cm³/mol. The van der Waals surface area contributed by atoms with Crippen LogP contribution in [-0.2, 0) is 21.2 Å². The third-order valence-corrected chi connectivity index (χ3v) is 6.74. The zero-order chi connectivity index (χ0) is 18.7. The summed E-state index contributed by atoms with van der Waals surface area (Å²) in [6.07, 6.45) is 2.40. The molecule has 0 bridgehead atoms. The molecule has 2 aromatic rings. The highest BCUT2D eigenvalue weighted by molar-refractivity contribution is 7.93. The number of thiazole rings is 1. The van der Waals surface area contributed by atoms with E-state index in [1.54, 1.807) is 29.6 Å². The highest BCUT2D eigenvalue weighted by Gasteiger charge is 2.22. The molecule has 2 heterocycles. The van der Waals surface area contributed by atoms with Gasteiger partial charge < -0.3 is 4.90 Å². The lowest BCUT2D eigenvalue weighted by Gasteiger charge is -2.30. The first-order valence-electron chi connectivity index (χ1n) is 8.65. The van der Waals surface area contributed by atoms with Crippen molar-refractivity contribution in [1.82, 2.24) is 9.88 Å². The normalized spacial score (nSPS) is 17.9. The molecule has 0 unspecified atom stereocenters. The van der Waals surface area contributed by atoms with Gasteiger partial charge in [0.2, 0.25) is 5.91 Å². The molecule has 3 rings (SSSR count). The summed E-state index contributed by atoms with van der Waals surface area (Å²) in [6, 6.07) is 6.63. The molecule has 1 atom stereocenters. The Morgan fingerprint density at radius 3 is 2.77 bits per heavy atom. The second-order valence-corrected chi connectivity index (χ2v) is 9.37. The molecular weight excluding hydrogens is 370 g/mol. The third-order valence-electron chi connectivity index (χ3n) is 4.45. The molecule has 0 radical (unpaired) electrons. The molecule has 8 heteroatoms. The molecule has 1 aliphatic rings. The molecule has 1 amide bonds. The number of nitrogens with one attached hydrogen (secondary N) is 1. The Bertz CT molecular complexity index is 875. The summed E-state index contributed by atoms with van der Waals surface area (Å²) < 4.78 is 27.3. The van der Waals surface area contributed by atoms with E-state index >= 15 is 0 Å². The fourth-order valence-electron chi connectivity index (χ4n) is 3.01. The number of nitrogens with zero attached hydrogens (tertiary/aromatic N) is 2. The number of hydrogen-bond acceptors (Lipinski definition) is 5. The minimum atomic E-state index is -3.67. The molecule has 1 aliphatic heterocycles. The van der Waals surface area contributed by atoms with E-state index in [0.29, 0.717) is 11.6 Å². The van der Waals surface area contributed by atoms with Crippen LogP contribution in [0.15, 0.2) is 34.5 Å². The van der Waals surface area contributed by atoms with Gasteiger partial charge in [0.15, 0.2) is 5.13 Å². The van der Waals surface area contributed by atoms with E-state index in [-0.39, 0.29) is 22.4 Å². The molecule has 140 valence electrons. The maximum atomic E-state index is 12.4. The maximum absolute atomic E-state index is 12.4. The highest BCUT2D eigenvalue weighted by atomic mass is 32.2. The lowest BCUT2D eigenvalue weighted by molar-refractivity contribution is -0.132. The molecule has 0 saturated carbocycles. The van der Waals surface area contributed by atoms with E-state index in [1.807, 2.05) is 11.8 Å². The van der Waals surface area contributed by atoms with Gasteiger partial charge in [-0.05, 0) is 37.8 Å². The number of piperidine rings is 1. The molecule has 1 aromatic carbocycles. The van der Waals surface area contributed by atoms with Gasteiger partial charge in [0, 0.05) is 18.5 Å². The van der Waals surface area contributed by atoms with Crippen molar-refractivity contribution in [1.29, 1.82) is 0 Å². The van der Waals surface area contributed by atoms with E-state index in [0.717, 1.165) is 31.5 Å². The highest BCUT2D eigenvalue weighted by Crippen LogP contribution is 2.22. The second-order valence-electron chi connectivity index (χ2n) is 6.83. The second kappa shape index (κ2) is 7.75. The first-order chi connectivity index (χ1) is 12.3. The van der Waals surface area contributed by atoms with Crippen LogP contribution in [0.3, 0.4) is 0 Å². The van der Waals surface area contributed by atoms with Crippen LogP contribution in [0.5, 0.6) is 0 Å². The summed E-state index contributed by atoms with van der Waals surface area (Å²) >= 11 is 1.19. The van der Waals surface area contributed by atoms with E-state index in [4.69, 9.17) is 0 Å². The summed E-state index contributed by atoms with van der Waals surface area (Å²) in [6.45, 7) is 5.63. The molecule has 1 N–H and O–H groups in total. The third kappa shape index (κ3) is 4.62. The Labute approximate surface area is 158 Å². The van der Waals surface area contributed by atoms with Crippen molar-refractivity contribution in [3.8, 4) is 0 Å². The predicted octanol–water partition coefficient (Wildman–Crippen LogP) is 3.05. The smallest absolute Gasteiger partial charge is 0.263 e. The van der Waals surface area contributed by atoms with Crippen LogP contribution in [0.25, 0.3) is 0 Å². The lowest BCUT2D eigenvalue weighted by Crippen LogP contribution is -2.39. The number of carbonyl (C=O) groups is 1. The Morgan fingerprint density at radius 1 is 1.35 bits per heavy atom. The van der Waals surface area contributed by atoms with Crippen molar-refractivity contribution in [2.45, 2.75) is 38.0 Å². The van der Waals surface area contributed by atoms with Gasteiger partial charge in [0.05, 0.1) is 17.0 Å². The van der Waals surface area contributed by atoms with Gasteiger partial charge in [-0.3, -0.25) is 9.52 Å². The number of rotatable bonds is 5. The first kappa shape index (κ1) is 18.8. The van der Waals surface area contributed by atoms with E-state index in [9.17, 15) is 13.2 Å². The number of anilines is 1. The topological polar surface area (TPSA) is 79.4 Å². The first-order valence-corrected chi connectivity index (χ1v) is 11.0. The number of amides is 1. The molecule has 26 heavy (non-hydrogen) atoms. The van der Waals surface area contributed by atoms with Gasteiger partial charge in [0.25, 0.3) is 10.0 Å². The van der Waals surface area contributed by atoms with Crippen LogP contribution >= 0.6 is 11.3 Å². The van der Waals surface area contributed by atoms with Crippen molar-refractivity contribution >= 4 is 32.4 Å². The van der Waals surface area contributed by atoms with Crippen LogP contribution in [-0.4, -0.2) is 37.3 Å².